The van der Waals surface area contributed by atoms with Gasteiger partial charge in [-0.15, -0.1) is 0 Å². The number of hydrogen-bond acceptors (Lipinski definition) is 5. The fourth-order valence-corrected chi connectivity index (χ4v) is 4.35. The lowest BCUT2D eigenvalue weighted by molar-refractivity contribution is -0.116. The van der Waals surface area contributed by atoms with Crippen LogP contribution in [0, 0.1) is 6.92 Å². The SMILES string of the molecule is Cc1c(N2CCCC2)ccc2c1NC(=O)CC2c1cccc2nonc12. The smallest absolute Gasteiger partial charge is 0.225 e. The number of amides is 1. The van der Waals surface area contributed by atoms with E-state index in [2.05, 4.69) is 39.6 Å². The first kappa shape index (κ1) is 15.4. The molecule has 2 aliphatic heterocycles. The maximum atomic E-state index is 12.5. The maximum absolute atomic E-state index is 12.5. The number of benzene rings is 2. The molecule has 26 heavy (non-hydrogen) atoms. The van der Waals surface area contributed by atoms with E-state index in [1.54, 1.807) is 0 Å². The van der Waals surface area contributed by atoms with Crippen molar-refractivity contribution in [1.29, 1.82) is 0 Å². The number of rotatable bonds is 2. The van der Waals surface area contributed by atoms with Crippen LogP contribution in [0.1, 0.15) is 41.9 Å². The first-order chi connectivity index (χ1) is 12.7. The van der Waals surface area contributed by atoms with Crippen molar-refractivity contribution >= 4 is 28.3 Å². The van der Waals surface area contributed by atoms with Crippen molar-refractivity contribution in [2.75, 3.05) is 23.3 Å². The van der Waals surface area contributed by atoms with Crippen LogP contribution >= 0.6 is 0 Å². The number of nitrogens with one attached hydrogen (secondary N) is 1. The molecule has 132 valence electrons. The second-order valence-electron chi connectivity index (χ2n) is 7.15. The Kier molecular flexibility index (Phi) is 3.45. The lowest BCUT2D eigenvalue weighted by atomic mass is 9.82. The highest BCUT2D eigenvalue weighted by atomic mass is 16.6. The summed E-state index contributed by atoms with van der Waals surface area (Å²) >= 11 is 0. The molecule has 2 aliphatic rings. The fraction of sp³-hybridized carbons (Fsp3) is 0.350. The van der Waals surface area contributed by atoms with Gasteiger partial charge in [0.15, 0.2) is 0 Å². The van der Waals surface area contributed by atoms with Gasteiger partial charge < -0.3 is 10.2 Å². The van der Waals surface area contributed by atoms with E-state index in [9.17, 15) is 4.79 Å². The van der Waals surface area contributed by atoms with Crippen LogP contribution in [0.3, 0.4) is 0 Å². The largest absolute Gasteiger partial charge is 0.371 e. The number of fused-ring (bicyclic) bond motifs is 2. The molecule has 0 saturated carbocycles. The zero-order valence-corrected chi connectivity index (χ0v) is 14.7. The van der Waals surface area contributed by atoms with Gasteiger partial charge in [0.2, 0.25) is 5.91 Å². The quantitative estimate of drug-likeness (QED) is 0.766. The van der Waals surface area contributed by atoms with E-state index in [0.717, 1.165) is 46.5 Å². The van der Waals surface area contributed by atoms with Gasteiger partial charge in [-0.05, 0) is 58.9 Å². The Morgan fingerprint density at radius 1 is 1.12 bits per heavy atom. The van der Waals surface area contributed by atoms with Crippen LogP contribution in [-0.4, -0.2) is 29.3 Å². The molecule has 2 aromatic carbocycles. The lowest BCUT2D eigenvalue weighted by Crippen LogP contribution is -2.26. The Morgan fingerprint density at radius 3 is 2.81 bits per heavy atom. The van der Waals surface area contributed by atoms with E-state index in [1.165, 1.54) is 18.5 Å². The summed E-state index contributed by atoms with van der Waals surface area (Å²) in [7, 11) is 0. The van der Waals surface area contributed by atoms with E-state index < -0.39 is 0 Å². The highest BCUT2D eigenvalue weighted by molar-refractivity contribution is 5.98. The Labute approximate surface area is 151 Å². The van der Waals surface area contributed by atoms with E-state index in [4.69, 9.17) is 4.63 Å². The van der Waals surface area contributed by atoms with Crippen LogP contribution in [-0.2, 0) is 4.79 Å². The van der Waals surface area contributed by atoms with E-state index in [0.29, 0.717) is 6.42 Å². The van der Waals surface area contributed by atoms with Crippen LogP contribution in [0.4, 0.5) is 11.4 Å². The molecule has 1 unspecified atom stereocenters. The number of anilines is 2. The van der Waals surface area contributed by atoms with Gasteiger partial charge in [-0.1, -0.05) is 18.2 Å². The third-order valence-electron chi connectivity index (χ3n) is 5.64. The predicted molar refractivity (Wildman–Crippen MR) is 99.5 cm³/mol. The van der Waals surface area contributed by atoms with Crippen LogP contribution in [0.25, 0.3) is 11.0 Å². The first-order valence-corrected chi connectivity index (χ1v) is 9.12. The normalized spacial score (nSPS) is 19.7. The number of carbonyl (C=O) groups is 1. The minimum Gasteiger partial charge on any atom is -0.371 e. The highest BCUT2D eigenvalue weighted by Crippen LogP contribution is 2.43. The Balaban J connectivity index is 1.65. The summed E-state index contributed by atoms with van der Waals surface area (Å²) in [6, 6.07) is 10.2. The molecule has 0 radical (unpaired) electrons. The van der Waals surface area contributed by atoms with Crippen LogP contribution in [0.2, 0.25) is 0 Å². The number of hydrogen-bond donors (Lipinski definition) is 1. The molecule has 5 rings (SSSR count). The molecule has 0 aliphatic carbocycles. The Bertz CT molecular complexity index is 1000. The van der Waals surface area contributed by atoms with Gasteiger partial charge in [-0.2, -0.15) is 0 Å². The molecule has 1 aromatic heterocycles. The minimum atomic E-state index is -0.0410. The monoisotopic (exact) mass is 348 g/mol. The van der Waals surface area contributed by atoms with Gasteiger partial charge in [-0.25, -0.2) is 4.63 Å². The van der Waals surface area contributed by atoms with E-state index in [1.807, 2.05) is 18.2 Å². The van der Waals surface area contributed by atoms with Crippen LogP contribution in [0.5, 0.6) is 0 Å². The molecule has 1 fully saturated rings. The second-order valence-corrected chi connectivity index (χ2v) is 7.15. The van der Waals surface area contributed by atoms with Crippen molar-refractivity contribution in [2.45, 2.75) is 32.1 Å². The molecule has 0 spiro atoms. The molecule has 1 N–H and O–H groups in total. The van der Waals surface area contributed by atoms with Crippen molar-refractivity contribution in [3.05, 3.63) is 47.0 Å². The summed E-state index contributed by atoms with van der Waals surface area (Å²) < 4.78 is 4.91. The molecule has 3 aromatic rings. The molecule has 6 heteroatoms. The Morgan fingerprint density at radius 2 is 1.96 bits per heavy atom. The first-order valence-electron chi connectivity index (χ1n) is 9.12. The standard InChI is InChI=1S/C20H20N4O2/c1-12-17(24-9-2-3-10-24)8-7-14-15(11-18(25)21-19(12)14)13-5-4-6-16-20(13)23-26-22-16/h4-8,15H,2-3,9-11H2,1H3,(H,21,25). The van der Waals surface area contributed by atoms with Gasteiger partial charge in [-0.3, -0.25) is 4.79 Å². The summed E-state index contributed by atoms with van der Waals surface area (Å²) in [4.78, 5) is 14.9. The van der Waals surface area contributed by atoms with Gasteiger partial charge in [0.1, 0.15) is 11.0 Å². The summed E-state index contributed by atoms with van der Waals surface area (Å²) in [5.41, 5.74) is 6.91. The van der Waals surface area contributed by atoms with Gasteiger partial charge in [0.05, 0.1) is 0 Å². The molecule has 3 heterocycles. The van der Waals surface area contributed by atoms with E-state index in [-0.39, 0.29) is 11.8 Å². The minimum absolute atomic E-state index is 0.0395. The molecule has 1 atom stereocenters. The summed E-state index contributed by atoms with van der Waals surface area (Å²) in [5.74, 6) is -0.00157. The molecular formula is C20H20N4O2. The summed E-state index contributed by atoms with van der Waals surface area (Å²) in [6.45, 7) is 4.27. The number of nitrogens with zero attached hydrogens (tertiary/aromatic N) is 3. The van der Waals surface area contributed by atoms with Gasteiger partial charge in [0, 0.05) is 36.8 Å². The van der Waals surface area contributed by atoms with Crippen LogP contribution in [0.15, 0.2) is 35.0 Å². The number of carbonyl (C=O) groups excluding carboxylic acids is 1. The molecule has 1 amide bonds. The van der Waals surface area contributed by atoms with Crippen molar-refractivity contribution in [3.63, 3.8) is 0 Å². The topological polar surface area (TPSA) is 71.3 Å². The third-order valence-corrected chi connectivity index (χ3v) is 5.64. The van der Waals surface area contributed by atoms with Crippen LogP contribution < -0.4 is 10.2 Å². The zero-order valence-electron chi connectivity index (χ0n) is 14.7. The summed E-state index contributed by atoms with van der Waals surface area (Å²) in [6.07, 6.45) is 2.86. The molecular weight excluding hydrogens is 328 g/mol. The van der Waals surface area contributed by atoms with Crippen molar-refractivity contribution < 1.29 is 9.42 Å². The van der Waals surface area contributed by atoms with Crippen molar-refractivity contribution in [2.24, 2.45) is 0 Å². The summed E-state index contributed by atoms with van der Waals surface area (Å²) in [5, 5.41) is 11.1. The maximum Gasteiger partial charge on any atom is 0.225 e. The molecule has 1 saturated heterocycles. The van der Waals surface area contributed by atoms with Crippen molar-refractivity contribution in [1.82, 2.24) is 10.3 Å². The van der Waals surface area contributed by atoms with Gasteiger partial charge >= 0.3 is 0 Å². The fourth-order valence-electron chi connectivity index (χ4n) is 4.35. The average molecular weight is 348 g/mol. The number of aromatic nitrogens is 2. The van der Waals surface area contributed by atoms with E-state index >= 15 is 0 Å². The lowest BCUT2D eigenvalue weighted by Gasteiger charge is -2.30. The molecule has 6 nitrogen and oxygen atoms in total. The highest BCUT2D eigenvalue weighted by Gasteiger charge is 2.31. The molecule has 0 bridgehead atoms. The zero-order chi connectivity index (χ0) is 17.7. The Hall–Kier alpha value is -2.89. The third kappa shape index (κ3) is 2.29. The van der Waals surface area contributed by atoms with Crippen molar-refractivity contribution in [3.8, 4) is 0 Å². The van der Waals surface area contributed by atoms with Gasteiger partial charge in [0.25, 0.3) is 0 Å². The predicted octanol–water partition coefficient (Wildman–Crippen LogP) is 3.61. The second kappa shape index (κ2) is 5.83. The average Bonchev–Trinajstić information content (AvgIpc) is 3.33.